The maximum absolute atomic E-state index is 12.9. The number of nitrogens with zero attached hydrogens (tertiary/aromatic N) is 3. The molecule has 2 aliphatic rings. The Labute approximate surface area is 160 Å². The molecule has 2 atom stereocenters. The maximum atomic E-state index is 12.9. The third-order valence-electron chi connectivity index (χ3n) is 5.82. The second-order valence-corrected chi connectivity index (χ2v) is 7.44. The SMILES string of the molecule is Cc1cccc(N2CCN(C(=O)C3CC(c4ccncc4)NN3)CC2)c1C. The lowest BCUT2D eigenvalue weighted by molar-refractivity contribution is -0.133. The number of anilines is 1. The molecule has 0 aliphatic carbocycles. The van der Waals surface area contributed by atoms with Crippen LogP contribution in [-0.4, -0.2) is 48.0 Å². The summed E-state index contributed by atoms with van der Waals surface area (Å²) in [6.07, 6.45) is 4.34. The molecule has 6 nitrogen and oxygen atoms in total. The van der Waals surface area contributed by atoms with E-state index in [4.69, 9.17) is 0 Å². The summed E-state index contributed by atoms with van der Waals surface area (Å²) in [7, 11) is 0. The van der Waals surface area contributed by atoms with Gasteiger partial charge in [-0.2, -0.15) is 0 Å². The highest BCUT2D eigenvalue weighted by Gasteiger charge is 2.34. The first-order chi connectivity index (χ1) is 13.1. The van der Waals surface area contributed by atoms with E-state index in [9.17, 15) is 4.79 Å². The number of carbonyl (C=O) groups is 1. The molecule has 0 saturated carbocycles. The smallest absolute Gasteiger partial charge is 0.241 e. The second-order valence-electron chi connectivity index (χ2n) is 7.44. The Morgan fingerprint density at radius 3 is 2.52 bits per heavy atom. The van der Waals surface area contributed by atoms with E-state index in [2.05, 4.69) is 52.8 Å². The Kier molecular flexibility index (Phi) is 5.09. The van der Waals surface area contributed by atoms with Gasteiger partial charge in [0.2, 0.25) is 5.91 Å². The van der Waals surface area contributed by atoms with Crippen molar-refractivity contribution in [1.82, 2.24) is 20.7 Å². The predicted molar refractivity (Wildman–Crippen MR) is 106 cm³/mol. The Bertz CT molecular complexity index is 801. The summed E-state index contributed by atoms with van der Waals surface area (Å²) in [5.74, 6) is 0.194. The number of aryl methyl sites for hydroxylation is 1. The van der Waals surface area contributed by atoms with Gasteiger partial charge in [0.25, 0.3) is 0 Å². The van der Waals surface area contributed by atoms with Crippen LogP contribution in [0.5, 0.6) is 0 Å². The van der Waals surface area contributed by atoms with E-state index in [1.807, 2.05) is 17.0 Å². The number of hydrogen-bond donors (Lipinski definition) is 2. The zero-order valence-corrected chi connectivity index (χ0v) is 16.0. The molecule has 2 fully saturated rings. The van der Waals surface area contributed by atoms with E-state index >= 15 is 0 Å². The summed E-state index contributed by atoms with van der Waals surface area (Å²) in [5.41, 5.74) is 11.5. The Morgan fingerprint density at radius 2 is 1.78 bits per heavy atom. The van der Waals surface area contributed by atoms with E-state index in [0.717, 1.165) is 38.2 Å². The largest absolute Gasteiger partial charge is 0.368 e. The van der Waals surface area contributed by atoms with Crippen LogP contribution >= 0.6 is 0 Å². The van der Waals surface area contributed by atoms with Gasteiger partial charge in [-0.15, -0.1) is 0 Å². The van der Waals surface area contributed by atoms with Crippen LogP contribution < -0.4 is 15.8 Å². The Morgan fingerprint density at radius 1 is 1.04 bits per heavy atom. The van der Waals surface area contributed by atoms with E-state index in [1.54, 1.807) is 12.4 Å². The van der Waals surface area contributed by atoms with Gasteiger partial charge in [0.15, 0.2) is 0 Å². The summed E-state index contributed by atoms with van der Waals surface area (Å²) in [6.45, 7) is 7.62. The van der Waals surface area contributed by atoms with Crippen LogP contribution in [0.2, 0.25) is 0 Å². The van der Waals surface area contributed by atoms with Crippen LogP contribution in [0.3, 0.4) is 0 Å². The average Bonchev–Trinajstić information content (AvgIpc) is 3.21. The van der Waals surface area contributed by atoms with Gasteiger partial charge < -0.3 is 9.80 Å². The number of piperazine rings is 1. The lowest BCUT2D eigenvalue weighted by Gasteiger charge is -2.38. The molecule has 2 aromatic rings. The monoisotopic (exact) mass is 365 g/mol. The van der Waals surface area contributed by atoms with Crippen molar-refractivity contribution in [3.05, 3.63) is 59.4 Å². The van der Waals surface area contributed by atoms with Crippen molar-refractivity contribution in [2.75, 3.05) is 31.1 Å². The van der Waals surface area contributed by atoms with Crippen LogP contribution in [0.25, 0.3) is 0 Å². The van der Waals surface area contributed by atoms with E-state index in [1.165, 1.54) is 16.8 Å². The molecule has 4 rings (SSSR count). The number of hydrogen-bond acceptors (Lipinski definition) is 5. The van der Waals surface area contributed by atoms with Crippen molar-refractivity contribution in [3.63, 3.8) is 0 Å². The highest BCUT2D eigenvalue weighted by molar-refractivity contribution is 5.82. The molecule has 6 heteroatoms. The van der Waals surface area contributed by atoms with Gasteiger partial charge in [-0.3, -0.25) is 9.78 Å². The minimum absolute atomic E-state index is 0.151. The molecule has 1 amide bonds. The normalized spacial score (nSPS) is 22.9. The second kappa shape index (κ2) is 7.66. The van der Waals surface area contributed by atoms with Crippen molar-refractivity contribution in [3.8, 4) is 0 Å². The van der Waals surface area contributed by atoms with Crippen LogP contribution in [0.1, 0.15) is 29.2 Å². The zero-order chi connectivity index (χ0) is 18.8. The molecule has 142 valence electrons. The predicted octanol–water partition coefficient (Wildman–Crippen LogP) is 1.95. The van der Waals surface area contributed by atoms with Crippen molar-refractivity contribution in [1.29, 1.82) is 0 Å². The van der Waals surface area contributed by atoms with Gasteiger partial charge in [0.1, 0.15) is 6.04 Å². The van der Waals surface area contributed by atoms with Crippen LogP contribution in [-0.2, 0) is 4.79 Å². The number of aromatic nitrogens is 1. The molecule has 2 aliphatic heterocycles. The first-order valence-corrected chi connectivity index (χ1v) is 9.64. The summed E-state index contributed by atoms with van der Waals surface area (Å²) in [4.78, 5) is 21.4. The molecule has 1 aromatic heterocycles. The summed E-state index contributed by atoms with van der Waals surface area (Å²) < 4.78 is 0. The van der Waals surface area contributed by atoms with Gasteiger partial charge in [-0.05, 0) is 55.2 Å². The van der Waals surface area contributed by atoms with Crippen molar-refractivity contribution < 1.29 is 4.79 Å². The van der Waals surface area contributed by atoms with Gasteiger partial charge in [-0.1, -0.05) is 12.1 Å². The molecular weight excluding hydrogens is 338 g/mol. The number of hydrazine groups is 1. The number of pyridine rings is 1. The third kappa shape index (κ3) is 3.68. The van der Waals surface area contributed by atoms with Crippen LogP contribution in [0.4, 0.5) is 5.69 Å². The highest BCUT2D eigenvalue weighted by atomic mass is 16.2. The summed E-state index contributed by atoms with van der Waals surface area (Å²) >= 11 is 0. The fourth-order valence-electron chi connectivity index (χ4n) is 4.00. The zero-order valence-electron chi connectivity index (χ0n) is 16.0. The quantitative estimate of drug-likeness (QED) is 0.871. The number of nitrogens with one attached hydrogen (secondary N) is 2. The summed E-state index contributed by atoms with van der Waals surface area (Å²) in [6, 6.07) is 10.4. The van der Waals surface area contributed by atoms with Gasteiger partial charge in [0, 0.05) is 50.3 Å². The first kappa shape index (κ1) is 17.9. The average molecular weight is 365 g/mol. The van der Waals surface area contributed by atoms with Gasteiger partial charge >= 0.3 is 0 Å². The number of rotatable bonds is 3. The van der Waals surface area contributed by atoms with E-state index in [0.29, 0.717) is 0 Å². The number of amides is 1. The highest BCUT2D eigenvalue weighted by Crippen LogP contribution is 2.25. The molecular formula is C21H27N5O. The first-order valence-electron chi connectivity index (χ1n) is 9.64. The van der Waals surface area contributed by atoms with Crippen LogP contribution in [0.15, 0.2) is 42.7 Å². The molecule has 27 heavy (non-hydrogen) atoms. The Hall–Kier alpha value is -2.44. The van der Waals surface area contributed by atoms with Gasteiger partial charge in [-0.25, -0.2) is 10.9 Å². The fourth-order valence-corrected chi connectivity index (χ4v) is 4.00. The van der Waals surface area contributed by atoms with Crippen molar-refractivity contribution in [2.24, 2.45) is 0 Å². The molecule has 1 aromatic carbocycles. The van der Waals surface area contributed by atoms with Crippen LogP contribution in [0, 0.1) is 13.8 Å². The van der Waals surface area contributed by atoms with Crippen molar-refractivity contribution in [2.45, 2.75) is 32.4 Å². The summed E-state index contributed by atoms with van der Waals surface area (Å²) in [5, 5.41) is 0. The standard InChI is InChI=1S/C21H27N5O/c1-15-4-3-5-20(16(15)2)25-10-12-26(13-11-25)21(27)19-14-18(23-24-19)17-6-8-22-9-7-17/h3-9,18-19,23-24H,10-14H2,1-2H3. The van der Waals surface area contributed by atoms with E-state index < -0.39 is 0 Å². The van der Waals surface area contributed by atoms with E-state index in [-0.39, 0.29) is 18.0 Å². The fraction of sp³-hybridized carbons (Fsp3) is 0.429. The van der Waals surface area contributed by atoms with Crippen molar-refractivity contribution >= 4 is 11.6 Å². The third-order valence-corrected chi connectivity index (χ3v) is 5.82. The minimum atomic E-state index is -0.171. The molecule has 2 N–H and O–H groups in total. The molecule has 0 bridgehead atoms. The molecule has 2 saturated heterocycles. The Balaban J connectivity index is 1.35. The lowest BCUT2D eigenvalue weighted by Crippen LogP contribution is -2.53. The van der Waals surface area contributed by atoms with Gasteiger partial charge in [0.05, 0.1) is 0 Å². The topological polar surface area (TPSA) is 60.5 Å². The molecule has 2 unspecified atom stereocenters. The minimum Gasteiger partial charge on any atom is -0.368 e. The lowest BCUT2D eigenvalue weighted by atomic mass is 10.0. The maximum Gasteiger partial charge on any atom is 0.241 e. The molecule has 0 spiro atoms. The molecule has 0 radical (unpaired) electrons. The number of benzene rings is 1. The molecule has 3 heterocycles. The number of carbonyl (C=O) groups excluding carboxylic acids is 1.